The molecule has 21 heavy (non-hydrogen) atoms. The van der Waals surface area contributed by atoms with Gasteiger partial charge in [-0.2, -0.15) is 5.10 Å². The molecule has 0 aliphatic heterocycles. The zero-order valence-corrected chi connectivity index (χ0v) is 12.2. The second-order valence-electron chi connectivity index (χ2n) is 4.71. The summed E-state index contributed by atoms with van der Waals surface area (Å²) < 4.78 is 3.44. The van der Waals surface area contributed by atoms with Crippen molar-refractivity contribution < 1.29 is 9.90 Å². The number of rotatable bonds is 3. The van der Waals surface area contributed by atoms with Gasteiger partial charge < -0.3 is 5.11 Å². The molecule has 0 spiro atoms. The molecule has 0 amide bonds. The third-order valence-corrected chi connectivity index (χ3v) is 4.41. The Bertz CT molecular complexity index is 906. The number of carboxylic acid groups (broad SMARTS) is 1. The van der Waals surface area contributed by atoms with E-state index >= 15 is 0 Å². The zero-order chi connectivity index (χ0) is 15.1. The molecule has 0 aliphatic carbocycles. The van der Waals surface area contributed by atoms with E-state index in [4.69, 9.17) is 5.11 Å². The molecule has 3 aromatic heterocycles. The Morgan fingerprint density at radius 3 is 2.95 bits per heavy atom. The van der Waals surface area contributed by atoms with Crippen LogP contribution in [0.15, 0.2) is 22.7 Å². The smallest absolute Gasteiger partial charge is 0.339 e. The lowest BCUT2D eigenvalue weighted by Crippen LogP contribution is -2.22. The van der Waals surface area contributed by atoms with Crippen LogP contribution in [0.5, 0.6) is 0 Å². The molecule has 0 radical (unpaired) electrons. The molecular formula is C13H12N4O3S. The third kappa shape index (κ3) is 2.13. The summed E-state index contributed by atoms with van der Waals surface area (Å²) >= 11 is 1.35. The maximum absolute atomic E-state index is 12.4. The van der Waals surface area contributed by atoms with Gasteiger partial charge in [0.25, 0.3) is 5.56 Å². The van der Waals surface area contributed by atoms with Crippen LogP contribution in [0, 0.1) is 6.92 Å². The number of aryl methyl sites for hydroxylation is 2. The van der Waals surface area contributed by atoms with Gasteiger partial charge in [-0.05, 0) is 17.9 Å². The van der Waals surface area contributed by atoms with Crippen LogP contribution in [0.3, 0.4) is 0 Å². The van der Waals surface area contributed by atoms with Gasteiger partial charge in [-0.1, -0.05) is 0 Å². The Morgan fingerprint density at radius 1 is 1.48 bits per heavy atom. The summed E-state index contributed by atoms with van der Waals surface area (Å²) in [4.78, 5) is 27.9. The number of aromatic nitrogens is 4. The van der Waals surface area contributed by atoms with E-state index in [1.807, 2.05) is 12.3 Å². The van der Waals surface area contributed by atoms with Crippen molar-refractivity contribution in [1.82, 2.24) is 19.3 Å². The molecule has 108 valence electrons. The predicted molar refractivity (Wildman–Crippen MR) is 77.9 cm³/mol. The van der Waals surface area contributed by atoms with Gasteiger partial charge >= 0.3 is 5.97 Å². The summed E-state index contributed by atoms with van der Waals surface area (Å²) in [6.07, 6.45) is 2.73. The fraction of sp³-hybridized carbons (Fsp3) is 0.231. The SMILES string of the molecule is Cc1csc2c(=O)n(Cc3c(C(=O)O)cnn3C)cnc12. The summed E-state index contributed by atoms with van der Waals surface area (Å²) in [5.74, 6) is -1.06. The summed E-state index contributed by atoms with van der Waals surface area (Å²) in [5.41, 5.74) is 2.04. The van der Waals surface area contributed by atoms with Crippen molar-refractivity contribution in [2.75, 3.05) is 0 Å². The fourth-order valence-corrected chi connectivity index (χ4v) is 3.11. The minimum absolute atomic E-state index is 0.0897. The van der Waals surface area contributed by atoms with Gasteiger partial charge in [0.1, 0.15) is 10.3 Å². The lowest BCUT2D eigenvalue weighted by atomic mass is 10.2. The maximum atomic E-state index is 12.4. The molecule has 7 nitrogen and oxygen atoms in total. The molecule has 3 heterocycles. The Kier molecular flexibility index (Phi) is 3.09. The van der Waals surface area contributed by atoms with Crippen LogP contribution in [0.1, 0.15) is 21.6 Å². The Morgan fingerprint density at radius 2 is 2.24 bits per heavy atom. The highest BCUT2D eigenvalue weighted by Crippen LogP contribution is 2.19. The van der Waals surface area contributed by atoms with Gasteiger partial charge in [-0.25, -0.2) is 9.78 Å². The minimum Gasteiger partial charge on any atom is -0.478 e. The molecule has 8 heteroatoms. The second-order valence-corrected chi connectivity index (χ2v) is 5.59. The highest BCUT2D eigenvalue weighted by molar-refractivity contribution is 7.17. The van der Waals surface area contributed by atoms with Crippen LogP contribution < -0.4 is 5.56 Å². The van der Waals surface area contributed by atoms with Crippen LogP contribution in [-0.4, -0.2) is 30.4 Å². The first-order chi connectivity index (χ1) is 9.99. The molecule has 0 aliphatic rings. The van der Waals surface area contributed by atoms with Crippen LogP contribution in [-0.2, 0) is 13.6 Å². The van der Waals surface area contributed by atoms with Gasteiger partial charge in [0, 0.05) is 7.05 Å². The van der Waals surface area contributed by atoms with E-state index in [9.17, 15) is 9.59 Å². The topological polar surface area (TPSA) is 90.0 Å². The number of fused-ring (bicyclic) bond motifs is 1. The van der Waals surface area contributed by atoms with Crippen LogP contribution in [0.2, 0.25) is 0 Å². The quantitative estimate of drug-likeness (QED) is 0.786. The van der Waals surface area contributed by atoms with E-state index in [-0.39, 0.29) is 17.7 Å². The molecule has 3 rings (SSSR count). The molecule has 0 saturated heterocycles. The van der Waals surface area contributed by atoms with Crippen molar-refractivity contribution >= 4 is 27.5 Å². The number of hydrogen-bond acceptors (Lipinski definition) is 5. The van der Waals surface area contributed by atoms with Crippen molar-refractivity contribution in [2.45, 2.75) is 13.5 Å². The van der Waals surface area contributed by atoms with E-state index in [1.165, 1.54) is 33.1 Å². The summed E-state index contributed by atoms with van der Waals surface area (Å²) in [7, 11) is 1.65. The van der Waals surface area contributed by atoms with E-state index in [0.717, 1.165) is 5.56 Å². The molecule has 0 aromatic carbocycles. The van der Waals surface area contributed by atoms with Crippen molar-refractivity contribution in [3.63, 3.8) is 0 Å². The van der Waals surface area contributed by atoms with Gasteiger partial charge in [-0.3, -0.25) is 14.0 Å². The zero-order valence-electron chi connectivity index (χ0n) is 11.4. The predicted octanol–water partition coefficient (Wildman–Crippen LogP) is 1.25. The number of thiophene rings is 1. The lowest BCUT2D eigenvalue weighted by Gasteiger charge is -2.07. The van der Waals surface area contributed by atoms with Gasteiger partial charge in [-0.15, -0.1) is 11.3 Å². The van der Waals surface area contributed by atoms with Crippen molar-refractivity contribution in [3.05, 3.63) is 45.1 Å². The van der Waals surface area contributed by atoms with Gasteiger partial charge in [0.05, 0.1) is 30.3 Å². The molecule has 1 N–H and O–H groups in total. The Labute approximate surface area is 123 Å². The number of carboxylic acids is 1. The lowest BCUT2D eigenvalue weighted by molar-refractivity contribution is 0.0695. The Balaban J connectivity index is 2.11. The van der Waals surface area contributed by atoms with Crippen molar-refractivity contribution in [1.29, 1.82) is 0 Å². The van der Waals surface area contributed by atoms with E-state index in [2.05, 4.69) is 10.1 Å². The minimum atomic E-state index is -1.06. The number of carbonyl (C=O) groups is 1. The summed E-state index contributed by atoms with van der Waals surface area (Å²) in [6, 6.07) is 0. The molecular weight excluding hydrogens is 292 g/mol. The van der Waals surface area contributed by atoms with E-state index < -0.39 is 5.97 Å². The second kappa shape index (κ2) is 4.81. The number of nitrogens with zero attached hydrogens (tertiary/aromatic N) is 4. The summed E-state index contributed by atoms with van der Waals surface area (Å²) in [6.45, 7) is 2.02. The average molecular weight is 304 g/mol. The molecule has 0 unspecified atom stereocenters. The fourth-order valence-electron chi connectivity index (χ4n) is 2.16. The highest BCUT2D eigenvalue weighted by atomic mass is 32.1. The standard InChI is InChI=1S/C13H12N4O3S/c1-7-5-21-11-10(7)14-6-17(12(11)18)4-9-8(13(19)20)3-15-16(9)2/h3,5-6H,4H2,1-2H3,(H,19,20). The molecule has 0 fully saturated rings. The first kappa shape index (κ1) is 13.5. The molecule has 0 saturated carbocycles. The van der Waals surface area contributed by atoms with E-state index in [1.54, 1.807) is 7.05 Å². The molecule has 3 aromatic rings. The normalized spacial score (nSPS) is 11.1. The van der Waals surface area contributed by atoms with E-state index in [0.29, 0.717) is 15.9 Å². The van der Waals surface area contributed by atoms with Crippen LogP contribution in [0.25, 0.3) is 10.2 Å². The van der Waals surface area contributed by atoms with Crippen LogP contribution >= 0.6 is 11.3 Å². The third-order valence-electron chi connectivity index (χ3n) is 3.34. The maximum Gasteiger partial charge on any atom is 0.339 e. The number of aromatic carboxylic acids is 1. The number of hydrogen-bond donors (Lipinski definition) is 1. The highest BCUT2D eigenvalue weighted by Gasteiger charge is 2.17. The van der Waals surface area contributed by atoms with Gasteiger partial charge in [0.2, 0.25) is 0 Å². The average Bonchev–Trinajstić information content (AvgIpc) is 2.98. The molecule has 0 bridgehead atoms. The first-order valence-electron chi connectivity index (χ1n) is 6.16. The summed E-state index contributed by atoms with van der Waals surface area (Å²) in [5, 5.41) is 15.0. The Hall–Kier alpha value is -2.48. The first-order valence-corrected chi connectivity index (χ1v) is 7.04. The van der Waals surface area contributed by atoms with Crippen LogP contribution in [0.4, 0.5) is 0 Å². The van der Waals surface area contributed by atoms with Gasteiger partial charge in [0.15, 0.2) is 0 Å². The molecule has 0 atom stereocenters. The van der Waals surface area contributed by atoms with Crippen molar-refractivity contribution in [3.8, 4) is 0 Å². The van der Waals surface area contributed by atoms with Crippen molar-refractivity contribution in [2.24, 2.45) is 7.05 Å². The largest absolute Gasteiger partial charge is 0.478 e. The monoisotopic (exact) mass is 304 g/mol.